The Morgan fingerprint density at radius 3 is 2.57 bits per heavy atom. The molecule has 5 heteroatoms. The Kier molecular flexibility index (Phi) is 3.94. The van der Waals surface area contributed by atoms with Gasteiger partial charge in [0, 0.05) is 35.0 Å². The predicted molar refractivity (Wildman–Crippen MR) is 120 cm³/mol. The molecule has 0 spiro atoms. The second-order valence-electron chi connectivity index (χ2n) is 8.30. The van der Waals surface area contributed by atoms with Gasteiger partial charge in [0.15, 0.2) is 0 Å². The Balaban J connectivity index is 1.44. The SMILES string of the molecule is Nc1ncnc2c1C(c1ccc3ccc(-c4ccccc4)nc3c1)CN2C1CCC1. The van der Waals surface area contributed by atoms with E-state index in [1.165, 1.54) is 24.8 Å². The van der Waals surface area contributed by atoms with Crippen molar-refractivity contribution in [3.8, 4) is 11.3 Å². The molecule has 2 N–H and O–H groups in total. The van der Waals surface area contributed by atoms with Crippen molar-refractivity contribution in [3.63, 3.8) is 0 Å². The summed E-state index contributed by atoms with van der Waals surface area (Å²) in [4.78, 5) is 16.3. The summed E-state index contributed by atoms with van der Waals surface area (Å²) in [6.45, 7) is 0.909. The van der Waals surface area contributed by atoms with E-state index >= 15 is 0 Å². The summed E-state index contributed by atoms with van der Waals surface area (Å²) < 4.78 is 0. The third kappa shape index (κ3) is 2.73. The molecular weight excluding hydrogens is 370 g/mol. The van der Waals surface area contributed by atoms with Gasteiger partial charge in [0.2, 0.25) is 0 Å². The summed E-state index contributed by atoms with van der Waals surface area (Å²) in [6.07, 6.45) is 5.35. The van der Waals surface area contributed by atoms with Crippen LogP contribution in [0, 0.1) is 0 Å². The van der Waals surface area contributed by atoms with Crippen molar-refractivity contribution >= 4 is 22.5 Å². The normalized spacial score (nSPS) is 18.4. The summed E-state index contributed by atoms with van der Waals surface area (Å²) in [5.41, 5.74) is 11.8. The molecule has 148 valence electrons. The van der Waals surface area contributed by atoms with E-state index in [0.29, 0.717) is 11.9 Å². The number of anilines is 2. The van der Waals surface area contributed by atoms with Crippen LogP contribution in [0.3, 0.4) is 0 Å². The summed E-state index contributed by atoms with van der Waals surface area (Å²) in [7, 11) is 0. The number of nitrogen functional groups attached to an aromatic ring is 1. The van der Waals surface area contributed by atoms with Crippen LogP contribution in [0.1, 0.15) is 36.3 Å². The number of pyridine rings is 1. The van der Waals surface area contributed by atoms with Crippen molar-refractivity contribution in [1.29, 1.82) is 0 Å². The maximum absolute atomic E-state index is 6.34. The third-order valence-corrected chi connectivity index (χ3v) is 6.60. The second kappa shape index (κ2) is 6.80. The van der Waals surface area contributed by atoms with E-state index in [4.69, 9.17) is 10.7 Å². The molecule has 1 unspecified atom stereocenters. The summed E-state index contributed by atoms with van der Waals surface area (Å²) in [5, 5.41) is 1.14. The number of fused-ring (bicyclic) bond motifs is 2. The van der Waals surface area contributed by atoms with Crippen molar-refractivity contribution in [1.82, 2.24) is 15.0 Å². The fourth-order valence-electron chi connectivity index (χ4n) is 4.75. The molecule has 1 atom stereocenters. The monoisotopic (exact) mass is 393 g/mol. The van der Waals surface area contributed by atoms with Crippen LogP contribution in [-0.4, -0.2) is 27.5 Å². The minimum Gasteiger partial charge on any atom is -0.383 e. The lowest BCUT2D eigenvalue weighted by Crippen LogP contribution is -2.39. The summed E-state index contributed by atoms with van der Waals surface area (Å²) in [6, 6.07) is 21.7. The maximum atomic E-state index is 6.34. The van der Waals surface area contributed by atoms with Gasteiger partial charge in [-0.2, -0.15) is 0 Å². The highest BCUT2D eigenvalue weighted by Gasteiger charge is 2.38. The first-order valence-electron chi connectivity index (χ1n) is 10.6. The highest BCUT2D eigenvalue weighted by atomic mass is 15.3. The number of hydrogen-bond donors (Lipinski definition) is 1. The Labute approximate surface area is 175 Å². The first-order valence-corrected chi connectivity index (χ1v) is 10.6. The highest BCUT2D eigenvalue weighted by molar-refractivity contribution is 5.83. The molecule has 3 heterocycles. The molecule has 5 nitrogen and oxygen atoms in total. The van der Waals surface area contributed by atoms with E-state index in [9.17, 15) is 0 Å². The van der Waals surface area contributed by atoms with E-state index < -0.39 is 0 Å². The zero-order chi connectivity index (χ0) is 20.1. The number of aromatic nitrogens is 3. The van der Waals surface area contributed by atoms with Gasteiger partial charge in [-0.05, 0) is 37.0 Å². The molecule has 2 aliphatic rings. The van der Waals surface area contributed by atoms with Gasteiger partial charge in [-0.25, -0.2) is 15.0 Å². The molecule has 1 aliphatic heterocycles. The lowest BCUT2D eigenvalue weighted by atomic mass is 9.91. The first kappa shape index (κ1) is 17.4. The van der Waals surface area contributed by atoms with Gasteiger partial charge in [-0.15, -0.1) is 0 Å². The Morgan fingerprint density at radius 2 is 1.77 bits per heavy atom. The van der Waals surface area contributed by atoms with Crippen LogP contribution >= 0.6 is 0 Å². The van der Waals surface area contributed by atoms with Crippen molar-refractivity contribution in [2.75, 3.05) is 17.2 Å². The number of nitrogens with two attached hydrogens (primary N) is 1. The lowest BCUT2D eigenvalue weighted by molar-refractivity contribution is 0.388. The number of benzene rings is 2. The lowest BCUT2D eigenvalue weighted by Gasteiger charge is -2.36. The molecule has 1 saturated carbocycles. The molecule has 1 aliphatic carbocycles. The molecule has 2 aromatic carbocycles. The van der Waals surface area contributed by atoms with Crippen LogP contribution in [0.2, 0.25) is 0 Å². The van der Waals surface area contributed by atoms with Crippen LogP contribution in [0.5, 0.6) is 0 Å². The number of nitrogens with zero attached hydrogens (tertiary/aromatic N) is 4. The number of hydrogen-bond acceptors (Lipinski definition) is 5. The quantitative estimate of drug-likeness (QED) is 0.543. The van der Waals surface area contributed by atoms with Crippen molar-refractivity contribution < 1.29 is 0 Å². The second-order valence-corrected chi connectivity index (χ2v) is 8.30. The third-order valence-electron chi connectivity index (χ3n) is 6.60. The fraction of sp³-hybridized carbons (Fsp3) is 0.240. The average molecular weight is 393 g/mol. The molecule has 0 bridgehead atoms. The van der Waals surface area contributed by atoms with Crippen molar-refractivity contribution in [2.24, 2.45) is 0 Å². The summed E-state index contributed by atoms with van der Waals surface area (Å²) >= 11 is 0. The topological polar surface area (TPSA) is 67.9 Å². The van der Waals surface area contributed by atoms with Gasteiger partial charge < -0.3 is 10.6 Å². The standard InChI is InChI=1S/C25H23N5/c26-24-23-20(14-30(19-7-4-8-19)25(23)28-15-27-24)18-10-9-17-11-12-21(29-22(17)13-18)16-5-2-1-3-6-16/h1-3,5-6,9-13,15,19-20H,4,7-8,14H2,(H2,26,27,28). The largest absolute Gasteiger partial charge is 0.383 e. The van der Waals surface area contributed by atoms with Crippen LogP contribution < -0.4 is 10.6 Å². The highest BCUT2D eigenvalue weighted by Crippen LogP contribution is 2.45. The minimum absolute atomic E-state index is 0.174. The summed E-state index contributed by atoms with van der Waals surface area (Å²) in [5.74, 6) is 1.79. The van der Waals surface area contributed by atoms with Crippen LogP contribution in [0.4, 0.5) is 11.6 Å². The van der Waals surface area contributed by atoms with Crippen molar-refractivity contribution in [2.45, 2.75) is 31.2 Å². The minimum atomic E-state index is 0.174. The Hall–Kier alpha value is -3.47. The van der Waals surface area contributed by atoms with Crippen LogP contribution in [0.15, 0.2) is 67.0 Å². The van der Waals surface area contributed by atoms with Gasteiger partial charge in [0.25, 0.3) is 0 Å². The average Bonchev–Trinajstić information content (AvgIpc) is 3.13. The van der Waals surface area contributed by atoms with Gasteiger partial charge in [-0.1, -0.05) is 48.5 Å². The van der Waals surface area contributed by atoms with Crippen LogP contribution in [-0.2, 0) is 0 Å². The zero-order valence-corrected chi connectivity index (χ0v) is 16.7. The molecule has 4 aromatic rings. The Bertz CT molecular complexity index is 1230. The van der Waals surface area contributed by atoms with Gasteiger partial charge >= 0.3 is 0 Å². The smallest absolute Gasteiger partial charge is 0.138 e. The zero-order valence-electron chi connectivity index (χ0n) is 16.7. The number of rotatable bonds is 3. The molecule has 0 radical (unpaired) electrons. The molecule has 6 rings (SSSR count). The Morgan fingerprint density at radius 1 is 0.933 bits per heavy atom. The molecule has 30 heavy (non-hydrogen) atoms. The molecule has 0 amide bonds. The van der Waals surface area contributed by atoms with E-state index in [0.717, 1.165) is 40.1 Å². The van der Waals surface area contributed by atoms with Crippen molar-refractivity contribution in [3.05, 3.63) is 78.1 Å². The van der Waals surface area contributed by atoms with Gasteiger partial charge in [0.05, 0.1) is 11.2 Å². The predicted octanol–water partition coefficient (Wildman–Crippen LogP) is 4.78. The van der Waals surface area contributed by atoms with Gasteiger partial charge in [0.1, 0.15) is 18.0 Å². The first-order chi connectivity index (χ1) is 14.8. The molecule has 0 saturated heterocycles. The van der Waals surface area contributed by atoms with Gasteiger partial charge in [-0.3, -0.25) is 0 Å². The fourth-order valence-corrected chi connectivity index (χ4v) is 4.75. The van der Waals surface area contributed by atoms with E-state index in [2.05, 4.69) is 57.3 Å². The molecule has 1 fully saturated rings. The van der Waals surface area contributed by atoms with E-state index in [1.54, 1.807) is 6.33 Å². The maximum Gasteiger partial charge on any atom is 0.138 e. The van der Waals surface area contributed by atoms with E-state index in [-0.39, 0.29) is 5.92 Å². The molecule has 2 aromatic heterocycles. The molecular formula is C25H23N5. The van der Waals surface area contributed by atoms with E-state index in [1.807, 2.05) is 18.2 Å². The van der Waals surface area contributed by atoms with Crippen LogP contribution in [0.25, 0.3) is 22.2 Å².